The van der Waals surface area contributed by atoms with E-state index in [-0.39, 0.29) is 23.7 Å². The fourth-order valence-electron chi connectivity index (χ4n) is 3.10. The number of aromatic nitrogens is 1. The Morgan fingerprint density at radius 1 is 1.19 bits per heavy atom. The molecule has 1 aromatic carbocycles. The lowest BCUT2D eigenvalue weighted by atomic mass is 9.90. The van der Waals surface area contributed by atoms with Crippen molar-refractivity contribution >= 4 is 11.9 Å². The number of nitrogens with zero attached hydrogens (tertiary/aromatic N) is 1. The van der Waals surface area contributed by atoms with Gasteiger partial charge in [-0.2, -0.15) is 0 Å². The molecule has 7 heteroatoms. The Kier molecular flexibility index (Phi) is 5.88. The zero-order valence-electron chi connectivity index (χ0n) is 14.4. The Bertz CT molecular complexity index is 748. The monoisotopic (exact) mass is 358 g/mol. The van der Waals surface area contributed by atoms with Gasteiger partial charge in [-0.1, -0.05) is 24.4 Å². The highest BCUT2D eigenvalue weighted by Crippen LogP contribution is 2.24. The zero-order chi connectivity index (χ0) is 18.4. The third kappa shape index (κ3) is 4.62. The van der Waals surface area contributed by atoms with Crippen LogP contribution in [0.4, 0.5) is 0 Å². The first kappa shape index (κ1) is 18.0. The molecule has 2 aromatic rings. The van der Waals surface area contributed by atoms with Gasteiger partial charge in [-0.25, -0.2) is 4.79 Å². The van der Waals surface area contributed by atoms with E-state index >= 15 is 0 Å². The number of ether oxygens (including phenoxy) is 1. The first-order chi connectivity index (χ1) is 12.6. The number of aromatic carboxylic acids is 1. The molecule has 7 nitrogen and oxygen atoms in total. The van der Waals surface area contributed by atoms with E-state index in [1.807, 2.05) is 0 Å². The molecule has 1 heterocycles. The number of nitrogens with one attached hydrogen (secondary N) is 1. The minimum Gasteiger partial charge on any atom is -0.493 e. The van der Waals surface area contributed by atoms with Gasteiger partial charge in [-0.15, -0.1) is 0 Å². The highest BCUT2D eigenvalue weighted by atomic mass is 16.5. The summed E-state index contributed by atoms with van der Waals surface area (Å²) in [5.41, 5.74) is 0.588. The zero-order valence-corrected chi connectivity index (χ0v) is 14.4. The van der Waals surface area contributed by atoms with E-state index < -0.39 is 5.97 Å². The van der Waals surface area contributed by atoms with Crippen LogP contribution in [0.1, 0.15) is 58.5 Å². The molecule has 0 aliphatic heterocycles. The molecule has 0 unspecified atom stereocenters. The molecule has 0 saturated heterocycles. The minimum absolute atomic E-state index is 0.0170. The van der Waals surface area contributed by atoms with E-state index in [0.717, 1.165) is 18.6 Å². The fraction of sp³-hybridized carbons (Fsp3) is 0.421. The largest absolute Gasteiger partial charge is 0.493 e. The summed E-state index contributed by atoms with van der Waals surface area (Å²) in [5, 5.41) is 15.2. The lowest BCUT2D eigenvalue weighted by Crippen LogP contribution is -2.24. The molecule has 1 aliphatic carbocycles. The maximum Gasteiger partial charge on any atom is 0.341 e. The van der Waals surface area contributed by atoms with Crippen LogP contribution in [0.25, 0.3) is 0 Å². The van der Waals surface area contributed by atoms with Gasteiger partial charge in [0, 0.05) is 5.56 Å². The van der Waals surface area contributed by atoms with Crippen LogP contribution in [0, 0.1) is 5.92 Å². The van der Waals surface area contributed by atoms with Crippen molar-refractivity contribution in [3.05, 3.63) is 47.3 Å². The van der Waals surface area contributed by atoms with Gasteiger partial charge in [0.1, 0.15) is 23.3 Å². The molecule has 26 heavy (non-hydrogen) atoms. The number of carboxylic acids is 1. The Labute approximate surface area is 151 Å². The average Bonchev–Trinajstić information content (AvgIpc) is 3.15. The summed E-state index contributed by atoms with van der Waals surface area (Å²) in [4.78, 5) is 23.2. The van der Waals surface area contributed by atoms with Gasteiger partial charge in [-0.3, -0.25) is 4.79 Å². The molecule has 0 radical (unpaired) electrons. The predicted octanol–water partition coefficient (Wildman–Crippen LogP) is 3.26. The van der Waals surface area contributed by atoms with Crippen molar-refractivity contribution < 1.29 is 24.0 Å². The minimum atomic E-state index is -1.14. The van der Waals surface area contributed by atoms with E-state index in [1.165, 1.54) is 32.1 Å². The third-order valence-electron chi connectivity index (χ3n) is 4.62. The molecule has 2 N–H and O–H groups in total. The summed E-state index contributed by atoms with van der Waals surface area (Å²) in [6.07, 6.45) is 7.37. The topological polar surface area (TPSA) is 102 Å². The maximum atomic E-state index is 12.2. The Hall–Kier alpha value is -2.83. The van der Waals surface area contributed by atoms with E-state index in [1.54, 1.807) is 24.3 Å². The van der Waals surface area contributed by atoms with Crippen molar-refractivity contribution in [2.24, 2.45) is 5.92 Å². The number of carbonyl (C=O) groups is 2. The van der Waals surface area contributed by atoms with Crippen molar-refractivity contribution in [3.63, 3.8) is 0 Å². The van der Waals surface area contributed by atoms with E-state index in [4.69, 9.17) is 9.84 Å². The van der Waals surface area contributed by atoms with Gasteiger partial charge in [0.05, 0.1) is 13.2 Å². The number of amides is 1. The van der Waals surface area contributed by atoms with Gasteiger partial charge in [0.15, 0.2) is 0 Å². The number of carboxylic acid groups (broad SMARTS) is 1. The predicted molar refractivity (Wildman–Crippen MR) is 93.1 cm³/mol. The van der Waals surface area contributed by atoms with Crippen molar-refractivity contribution in [3.8, 4) is 5.75 Å². The van der Waals surface area contributed by atoms with Crippen LogP contribution in [0.2, 0.25) is 0 Å². The molecular formula is C19H22N2O5. The lowest BCUT2D eigenvalue weighted by Gasteiger charge is -2.21. The van der Waals surface area contributed by atoms with Crippen LogP contribution in [-0.4, -0.2) is 28.7 Å². The van der Waals surface area contributed by atoms with Gasteiger partial charge in [0.2, 0.25) is 0 Å². The van der Waals surface area contributed by atoms with E-state index in [9.17, 15) is 9.59 Å². The second-order valence-electron chi connectivity index (χ2n) is 6.50. The van der Waals surface area contributed by atoms with Crippen molar-refractivity contribution in [2.45, 2.75) is 38.6 Å². The van der Waals surface area contributed by atoms with Crippen molar-refractivity contribution in [2.75, 3.05) is 6.61 Å². The molecule has 138 valence electrons. The van der Waals surface area contributed by atoms with Crippen LogP contribution in [0.5, 0.6) is 5.75 Å². The van der Waals surface area contributed by atoms with Crippen LogP contribution in [0.15, 0.2) is 35.1 Å². The molecule has 0 spiro atoms. The van der Waals surface area contributed by atoms with Crippen LogP contribution in [0.3, 0.4) is 0 Å². The molecule has 1 saturated carbocycles. The molecule has 0 bridgehead atoms. The summed E-state index contributed by atoms with van der Waals surface area (Å²) in [6.45, 7) is 0.701. The first-order valence-corrected chi connectivity index (χ1v) is 8.81. The van der Waals surface area contributed by atoms with Gasteiger partial charge in [-0.05, 0) is 43.0 Å². The molecule has 3 rings (SSSR count). The van der Waals surface area contributed by atoms with Crippen LogP contribution >= 0.6 is 0 Å². The number of hydrogen-bond acceptors (Lipinski definition) is 5. The highest BCUT2D eigenvalue weighted by molar-refractivity contribution is 5.94. The molecular weight excluding hydrogens is 336 g/mol. The lowest BCUT2D eigenvalue weighted by molar-refractivity contribution is 0.0694. The Morgan fingerprint density at radius 3 is 2.62 bits per heavy atom. The number of rotatable bonds is 7. The third-order valence-corrected chi connectivity index (χ3v) is 4.62. The Balaban J connectivity index is 1.50. The van der Waals surface area contributed by atoms with Crippen LogP contribution in [-0.2, 0) is 6.54 Å². The van der Waals surface area contributed by atoms with Crippen LogP contribution < -0.4 is 10.1 Å². The summed E-state index contributed by atoms with van der Waals surface area (Å²) >= 11 is 0. The summed E-state index contributed by atoms with van der Waals surface area (Å²) in [5.74, 6) is -0.0902. The molecule has 0 atom stereocenters. The van der Waals surface area contributed by atoms with Crippen molar-refractivity contribution in [1.82, 2.24) is 10.5 Å². The Morgan fingerprint density at radius 2 is 1.92 bits per heavy atom. The summed E-state index contributed by atoms with van der Waals surface area (Å²) in [7, 11) is 0. The molecule has 1 fully saturated rings. The average molecular weight is 358 g/mol. The molecule has 1 aromatic heterocycles. The molecule has 1 amide bonds. The molecule has 1 aliphatic rings. The van der Waals surface area contributed by atoms with Gasteiger partial charge < -0.3 is 19.7 Å². The quantitative estimate of drug-likeness (QED) is 0.788. The second kappa shape index (κ2) is 8.51. The van der Waals surface area contributed by atoms with Crippen molar-refractivity contribution in [1.29, 1.82) is 0 Å². The van der Waals surface area contributed by atoms with Gasteiger partial charge >= 0.3 is 5.97 Å². The maximum absolute atomic E-state index is 12.2. The number of hydrogen-bond donors (Lipinski definition) is 2. The van der Waals surface area contributed by atoms with E-state index in [0.29, 0.717) is 11.5 Å². The van der Waals surface area contributed by atoms with E-state index in [2.05, 4.69) is 15.0 Å². The fourth-order valence-corrected chi connectivity index (χ4v) is 3.10. The smallest absolute Gasteiger partial charge is 0.341 e. The first-order valence-electron chi connectivity index (χ1n) is 8.81. The number of carbonyl (C=O) groups excluding carboxylic acids is 1. The SMILES string of the molecule is O=C(NCc1nocc1C(=O)O)c1ccc(OCC2CCCCC2)cc1. The number of benzene rings is 1. The second-order valence-corrected chi connectivity index (χ2v) is 6.50. The summed E-state index contributed by atoms with van der Waals surface area (Å²) in [6, 6.07) is 6.92. The summed E-state index contributed by atoms with van der Waals surface area (Å²) < 4.78 is 10.5. The van der Waals surface area contributed by atoms with Gasteiger partial charge in [0.25, 0.3) is 5.91 Å². The normalized spacial score (nSPS) is 14.8. The highest BCUT2D eigenvalue weighted by Gasteiger charge is 2.16. The standard InChI is InChI=1S/C19H22N2O5/c22-18(20-10-17-16(19(23)24)12-26-21-17)14-6-8-15(9-7-14)25-11-13-4-2-1-3-5-13/h6-9,12-13H,1-5,10-11H2,(H,20,22)(H,23,24).